The molecule has 1 saturated heterocycles. The highest BCUT2D eigenvalue weighted by molar-refractivity contribution is 6.29. The highest BCUT2D eigenvalue weighted by Gasteiger charge is 2.19. The second-order valence-electron chi connectivity index (χ2n) is 4.19. The molecule has 0 saturated carbocycles. The Morgan fingerprint density at radius 2 is 2.11 bits per heavy atom. The number of aromatic nitrogens is 2. The summed E-state index contributed by atoms with van der Waals surface area (Å²) < 4.78 is 15.7. The van der Waals surface area contributed by atoms with Gasteiger partial charge in [-0.3, -0.25) is 0 Å². The summed E-state index contributed by atoms with van der Waals surface area (Å²) >= 11 is 6.07. The van der Waals surface area contributed by atoms with Crippen molar-refractivity contribution in [3.05, 3.63) is 17.0 Å². The number of halogens is 1. The smallest absolute Gasteiger partial charge is 0.163 e. The molecule has 1 aliphatic rings. The average molecular weight is 288 g/mol. The maximum atomic E-state index is 6.07. The zero-order valence-electron chi connectivity index (χ0n) is 11.1. The van der Waals surface area contributed by atoms with Crippen LogP contribution in [0.3, 0.4) is 0 Å². The standard InChI is InChI=1S/C12H18ClN3O3/c1-17-8-9(18-2)12-14-10(13)7-11(15-12)16-3-5-19-6-4-16/h7,9H,3-6,8H2,1-2H3. The van der Waals surface area contributed by atoms with Gasteiger partial charge in [0.2, 0.25) is 0 Å². The fourth-order valence-electron chi connectivity index (χ4n) is 1.92. The number of hydrogen-bond acceptors (Lipinski definition) is 6. The lowest BCUT2D eigenvalue weighted by Crippen LogP contribution is -2.37. The van der Waals surface area contributed by atoms with E-state index in [0.717, 1.165) is 18.9 Å². The molecule has 0 amide bonds. The number of ether oxygens (including phenoxy) is 3. The first-order valence-corrected chi connectivity index (χ1v) is 6.51. The molecular weight excluding hydrogens is 270 g/mol. The molecule has 19 heavy (non-hydrogen) atoms. The first-order chi connectivity index (χ1) is 9.24. The van der Waals surface area contributed by atoms with E-state index in [4.69, 9.17) is 25.8 Å². The lowest BCUT2D eigenvalue weighted by molar-refractivity contribution is 0.0222. The molecule has 1 aromatic heterocycles. The van der Waals surface area contributed by atoms with Gasteiger partial charge < -0.3 is 19.1 Å². The van der Waals surface area contributed by atoms with Crippen molar-refractivity contribution in [2.45, 2.75) is 6.10 Å². The number of nitrogens with zero attached hydrogens (tertiary/aromatic N) is 3. The summed E-state index contributed by atoms with van der Waals surface area (Å²) in [6.45, 7) is 3.38. The molecule has 1 unspecified atom stereocenters. The Balaban J connectivity index is 2.22. The summed E-state index contributed by atoms with van der Waals surface area (Å²) in [5.41, 5.74) is 0. The van der Waals surface area contributed by atoms with Gasteiger partial charge in [-0.1, -0.05) is 11.6 Å². The molecule has 1 aliphatic heterocycles. The van der Waals surface area contributed by atoms with Crippen LogP contribution in [0, 0.1) is 0 Å². The minimum Gasteiger partial charge on any atom is -0.381 e. The Kier molecular flexibility index (Phi) is 5.33. The normalized spacial score (nSPS) is 17.5. The van der Waals surface area contributed by atoms with Crippen molar-refractivity contribution in [3.8, 4) is 0 Å². The SMILES string of the molecule is COCC(OC)c1nc(Cl)cc(N2CCOCC2)n1. The highest BCUT2D eigenvalue weighted by Crippen LogP contribution is 2.21. The summed E-state index contributed by atoms with van der Waals surface area (Å²) in [5.74, 6) is 1.34. The Bertz CT molecular complexity index is 390. The molecule has 2 heterocycles. The van der Waals surface area contributed by atoms with Crippen LogP contribution in [0.4, 0.5) is 5.82 Å². The van der Waals surface area contributed by atoms with E-state index in [1.165, 1.54) is 0 Å². The summed E-state index contributed by atoms with van der Waals surface area (Å²) in [6, 6.07) is 1.76. The number of methoxy groups -OCH3 is 2. The first-order valence-electron chi connectivity index (χ1n) is 6.13. The van der Waals surface area contributed by atoms with Crippen molar-refractivity contribution >= 4 is 17.4 Å². The molecule has 106 valence electrons. The molecule has 7 heteroatoms. The summed E-state index contributed by atoms with van der Waals surface area (Å²) in [7, 11) is 3.21. The molecule has 0 radical (unpaired) electrons. The minimum atomic E-state index is -0.316. The van der Waals surface area contributed by atoms with Gasteiger partial charge in [-0.05, 0) is 0 Å². The Hall–Kier alpha value is -0.950. The van der Waals surface area contributed by atoms with Gasteiger partial charge in [0.05, 0.1) is 19.8 Å². The third-order valence-corrected chi connectivity index (χ3v) is 3.12. The summed E-state index contributed by atoms with van der Waals surface area (Å²) in [5, 5.41) is 0.407. The molecular formula is C12H18ClN3O3. The van der Waals surface area contributed by atoms with Gasteiger partial charge in [0.25, 0.3) is 0 Å². The van der Waals surface area contributed by atoms with Gasteiger partial charge in [-0.25, -0.2) is 9.97 Å². The Labute approximate surface area is 117 Å². The van der Waals surface area contributed by atoms with Crippen LogP contribution in [-0.4, -0.2) is 57.1 Å². The van der Waals surface area contributed by atoms with E-state index in [1.54, 1.807) is 20.3 Å². The number of anilines is 1. The third kappa shape index (κ3) is 3.76. The van der Waals surface area contributed by atoms with Crippen molar-refractivity contribution in [1.82, 2.24) is 9.97 Å². The van der Waals surface area contributed by atoms with E-state index >= 15 is 0 Å². The molecule has 1 fully saturated rings. The van der Waals surface area contributed by atoms with E-state index < -0.39 is 0 Å². The minimum absolute atomic E-state index is 0.316. The second kappa shape index (κ2) is 7.00. The molecule has 2 rings (SSSR count). The summed E-state index contributed by atoms with van der Waals surface area (Å²) in [4.78, 5) is 10.9. The number of rotatable bonds is 5. The van der Waals surface area contributed by atoms with Crippen molar-refractivity contribution in [2.24, 2.45) is 0 Å². The van der Waals surface area contributed by atoms with Crippen LogP contribution in [0.2, 0.25) is 5.15 Å². The topological polar surface area (TPSA) is 56.7 Å². The highest BCUT2D eigenvalue weighted by atomic mass is 35.5. The fraction of sp³-hybridized carbons (Fsp3) is 0.667. The molecule has 0 aliphatic carbocycles. The molecule has 0 bridgehead atoms. The fourth-order valence-corrected chi connectivity index (χ4v) is 2.10. The zero-order chi connectivity index (χ0) is 13.7. The van der Waals surface area contributed by atoms with Gasteiger partial charge >= 0.3 is 0 Å². The Morgan fingerprint density at radius 1 is 1.37 bits per heavy atom. The largest absolute Gasteiger partial charge is 0.381 e. The Morgan fingerprint density at radius 3 is 2.74 bits per heavy atom. The van der Waals surface area contributed by atoms with Crippen LogP contribution in [0.5, 0.6) is 0 Å². The van der Waals surface area contributed by atoms with E-state index in [2.05, 4.69) is 14.9 Å². The average Bonchev–Trinajstić information content (AvgIpc) is 2.45. The zero-order valence-corrected chi connectivity index (χ0v) is 11.9. The quantitative estimate of drug-likeness (QED) is 0.761. The van der Waals surface area contributed by atoms with Gasteiger partial charge in [0, 0.05) is 33.4 Å². The van der Waals surface area contributed by atoms with Crippen molar-refractivity contribution in [1.29, 1.82) is 0 Å². The molecule has 0 N–H and O–H groups in total. The third-order valence-electron chi connectivity index (χ3n) is 2.92. The lowest BCUT2D eigenvalue weighted by Gasteiger charge is -2.28. The molecule has 6 nitrogen and oxygen atoms in total. The van der Waals surface area contributed by atoms with Crippen LogP contribution in [0.25, 0.3) is 0 Å². The maximum Gasteiger partial charge on any atom is 0.163 e. The predicted molar refractivity (Wildman–Crippen MR) is 71.7 cm³/mol. The molecule has 1 atom stereocenters. The van der Waals surface area contributed by atoms with Crippen LogP contribution < -0.4 is 4.90 Å². The number of hydrogen-bond donors (Lipinski definition) is 0. The molecule has 1 aromatic rings. The maximum absolute atomic E-state index is 6.07. The van der Waals surface area contributed by atoms with Gasteiger partial charge in [0.15, 0.2) is 5.82 Å². The van der Waals surface area contributed by atoms with Gasteiger partial charge in [0.1, 0.15) is 17.1 Å². The van der Waals surface area contributed by atoms with E-state index in [9.17, 15) is 0 Å². The van der Waals surface area contributed by atoms with E-state index in [1.807, 2.05) is 0 Å². The monoisotopic (exact) mass is 287 g/mol. The second-order valence-corrected chi connectivity index (χ2v) is 4.57. The summed E-state index contributed by atoms with van der Waals surface area (Å²) in [6.07, 6.45) is -0.316. The molecule has 0 aromatic carbocycles. The van der Waals surface area contributed by atoms with Crippen molar-refractivity contribution in [2.75, 3.05) is 52.0 Å². The first kappa shape index (κ1) is 14.5. The van der Waals surface area contributed by atoms with Crippen molar-refractivity contribution < 1.29 is 14.2 Å². The molecule has 0 spiro atoms. The van der Waals surface area contributed by atoms with E-state index in [0.29, 0.717) is 30.8 Å². The van der Waals surface area contributed by atoms with Crippen LogP contribution in [0.1, 0.15) is 11.9 Å². The van der Waals surface area contributed by atoms with Crippen LogP contribution in [-0.2, 0) is 14.2 Å². The van der Waals surface area contributed by atoms with Crippen LogP contribution in [0.15, 0.2) is 6.07 Å². The van der Waals surface area contributed by atoms with Crippen molar-refractivity contribution in [3.63, 3.8) is 0 Å². The van der Waals surface area contributed by atoms with E-state index in [-0.39, 0.29) is 6.10 Å². The predicted octanol–water partition coefficient (Wildman–Crippen LogP) is 1.30. The van der Waals surface area contributed by atoms with Crippen LogP contribution >= 0.6 is 11.6 Å². The number of morpholine rings is 1. The lowest BCUT2D eigenvalue weighted by atomic mass is 10.3. The van der Waals surface area contributed by atoms with Gasteiger partial charge in [-0.15, -0.1) is 0 Å². The van der Waals surface area contributed by atoms with Gasteiger partial charge in [-0.2, -0.15) is 0 Å².